The van der Waals surface area contributed by atoms with Gasteiger partial charge in [0.15, 0.2) is 0 Å². The summed E-state index contributed by atoms with van der Waals surface area (Å²) < 4.78 is 41.2. The van der Waals surface area contributed by atoms with Gasteiger partial charge in [-0.15, -0.1) is 0 Å². The van der Waals surface area contributed by atoms with Crippen LogP contribution in [0.25, 0.3) is 0 Å². The molecule has 0 aromatic carbocycles. The van der Waals surface area contributed by atoms with Gasteiger partial charge in [-0.05, 0) is 26.2 Å². The zero-order chi connectivity index (χ0) is 12.7. The highest BCUT2D eigenvalue weighted by Gasteiger charge is 2.29. The molecule has 3 nitrogen and oxygen atoms in total. The molecular formula is C10H20F3NO2. The Morgan fingerprint density at radius 2 is 1.81 bits per heavy atom. The van der Waals surface area contributed by atoms with Crippen LogP contribution >= 0.6 is 0 Å². The Kier molecular flexibility index (Phi) is 6.94. The minimum absolute atomic E-state index is 0.00318. The number of aliphatic hydroxyl groups is 1. The first-order valence-corrected chi connectivity index (χ1v) is 5.34. The number of rotatable bonds is 8. The van der Waals surface area contributed by atoms with Gasteiger partial charge in [-0.3, -0.25) is 0 Å². The zero-order valence-corrected chi connectivity index (χ0v) is 9.52. The van der Waals surface area contributed by atoms with Gasteiger partial charge in [0, 0.05) is 26.2 Å². The fraction of sp³-hybridized carbons (Fsp3) is 1.00. The highest BCUT2D eigenvalue weighted by molar-refractivity contribution is 4.76. The van der Waals surface area contributed by atoms with Crippen molar-refractivity contribution in [2.24, 2.45) is 5.73 Å². The largest absolute Gasteiger partial charge is 0.396 e. The normalized spacial score (nSPS) is 16.1. The number of ether oxygens (including phenoxy) is 1. The number of hydrogen-bond acceptors (Lipinski definition) is 3. The standard InChI is InChI=1S/C10H20F3NO2/c1-9(8-14,16-7-3-6-15)4-2-5-10(11,12)13/h15H,2-8,14H2,1H3. The number of halogens is 3. The smallest absolute Gasteiger partial charge is 0.389 e. The second kappa shape index (κ2) is 7.09. The highest BCUT2D eigenvalue weighted by Crippen LogP contribution is 2.26. The van der Waals surface area contributed by atoms with Crippen LogP contribution in [-0.2, 0) is 4.74 Å². The lowest BCUT2D eigenvalue weighted by molar-refractivity contribution is -0.138. The van der Waals surface area contributed by atoms with Gasteiger partial charge in [-0.2, -0.15) is 13.2 Å². The molecule has 0 spiro atoms. The summed E-state index contributed by atoms with van der Waals surface area (Å²) >= 11 is 0. The van der Waals surface area contributed by atoms with Crippen LogP contribution in [0.15, 0.2) is 0 Å². The van der Waals surface area contributed by atoms with Crippen LogP contribution in [-0.4, -0.2) is 36.6 Å². The first-order chi connectivity index (χ1) is 7.33. The van der Waals surface area contributed by atoms with Crippen LogP contribution in [0.4, 0.5) is 13.2 Å². The van der Waals surface area contributed by atoms with E-state index in [1.807, 2.05) is 0 Å². The Morgan fingerprint density at radius 1 is 1.19 bits per heavy atom. The maximum Gasteiger partial charge on any atom is 0.389 e. The van der Waals surface area contributed by atoms with Crippen molar-refractivity contribution in [2.75, 3.05) is 19.8 Å². The minimum Gasteiger partial charge on any atom is -0.396 e. The van der Waals surface area contributed by atoms with E-state index in [1.54, 1.807) is 6.92 Å². The predicted octanol–water partition coefficient (Wildman–Crippen LogP) is 1.84. The number of aliphatic hydroxyl groups excluding tert-OH is 1. The third-order valence-electron chi connectivity index (χ3n) is 2.35. The summed E-state index contributed by atoms with van der Waals surface area (Å²) in [6.07, 6.45) is -4.19. The lowest BCUT2D eigenvalue weighted by Gasteiger charge is -2.28. The van der Waals surface area contributed by atoms with Gasteiger partial charge in [0.2, 0.25) is 0 Å². The van der Waals surface area contributed by atoms with E-state index in [2.05, 4.69) is 0 Å². The summed E-state index contributed by atoms with van der Waals surface area (Å²) in [5.41, 5.74) is 4.75. The Hall–Kier alpha value is -0.330. The Bertz CT molecular complexity index is 187. The zero-order valence-electron chi connectivity index (χ0n) is 9.52. The maximum atomic E-state index is 11.9. The average Bonchev–Trinajstić information content (AvgIpc) is 2.16. The summed E-state index contributed by atoms with van der Waals surface area (Å²) in [5.74, 6) is 0. The van der Waals surface area contributed by atoms with E-state index in [0.29, 0.717) is 13.0 Å². The molecule has 0 aliphatic rings. The fourth-order valence-corrected chi connectivity index (χ4v) is 1.28. The van der Waals surface area contributed by atoms with E-state index in [9.17, 15) is 13.2 Å². The van der Waals surface area contributed by atoms with Crippen molar-refractivity contribution >= 4 is 0 Å². The van der Waals surface area contributed by atoms with Crippen LogP contribution in [0.1, 0.15) is 32.6 Å². The Balaban J connectivity index is 3.87. The van der Waals surface area contributed by atoms with Crippen molar-refractivity contribution in [2.45, 2.75) is 44.4 Å². The van der Waals surface area contributed by atoms with Gasteiger partial charge in [-0.1, -0.05) is 0 Å². The lowest BCUT2D eigenvalue weighted by Crippen LogP contribution is -2.38. The molecule has 0 saturated heterocycles. The average molecular weight is 243 g/mol. The molecule has 0 aromatic heterocycles. The van der Waals surface area contributed by atoms with Gasteiger partial charge in [-0.25, -0.2) is 0 Å². The van der Waals surface area contributed by atoms with E-state index in [-0.39, 0.29) is 26.0 Å². The summed E-state index contributed by atoms with van der Waals surface area (Å²) in [6.45, 7) is 2.19. The second-order valence-corrected chi connectivity index (χ2v) is 4.05. The SMILES string of the molecule is CC(CN)(CCCC(F)(F)F)OCCCO. The first-order valence-electron chi connectivity index (χ1n) is 5.34. The summed E-state index contributed by atoms with van der Waals surface area (Å²) in [7, 11) is 0. The molecule has 0 aliphatic heterocycles. The topological polar surface area (TPSA) is 55.5 Å². The number of alkyl halides is 3. The van der Waals surface area contributed by atoms with Gasteiger partial charge >= 0.3 is 6.18 Å². The van der Waals surface area contributed by atoms with Crippen LogP contribution < -0.4 is 5.73 Å². The molecule has 3 N–H and O–H groups in total. The minimum atomic E-state index is -4.12. The van der Waals surface area contributed by atoms with Gasteiger partial charge in [0.1, 0.15) is 0 Å². The monoisotopic (exact) mass is 243 g/mol. The lowest BCUT2D eigenvalue weighted by atomic mass is 9.98. The number of nitrogens with two attached hydrogens (primary N) is 1. The molecule has 0 fully saturated rings. The van der Waals surface area contributed by atoms with Crippen LogP contribution in [0.2, 0.25) is 0 Å². The third kappa shape index (κ3) is 7.90. The van der Waals surface area contributed by atoms with Crippen molar-refractivity contribution in [3.05, 3.63) is 0 Å². The molecule has 0 rings (SSSR count). The van der Waals surface area contributed by atoms with Gasteiger partial charge in [0.25, 0.3) is 0 Å². The summed E-state index contributed by atoms with van der Waals surface area (Å²) in [5, 5.41) is 8.56. The molecule has 0 aliphatic carbocycles. The Morgan fingerprint density at radius 3 is 2.25 bits per heavy atom. The van der Waals surface area contributed by atoms with Crippen molar-refractivity contribution in [1.29, 1.82) is 0 Å². The van der Waals surface area contributed by atoms with Crippen LogP contribution in [0.5, 0.6) is 0 Å². The predicted molar refractivity (Wildman–Crippen MR) is 55.0 cm³/mol. The molecule has 1 atom stereocenters. The van der Waals surface area contributed by atoms with Crippen molar-refractivity contribution in [3.8, 4) is 0 Å². The molecule has 0 saturated carbocycles. The first kappa shape index (κ1) is 15.7. The van der Waals surface area contributed by atoms with E-state index in [4.69, 9.17) is 15.6 Å². The van der Waals surface area contributed by atoms with Crippen LogP contribution in [0.3, 0.4) is 0 Å². The molecule has 0 heterocycles. The van der Waals surface area contributed by atoms with Crippen molar-refractivity contribution < 1.29 is 23.0 Å². The molecule has 6 heteroatoms. The van der Waals surface area contributed by atoms with Crippen LogP contribution in [0, 0.1) is 0 Å². The molecule has 0 aromatic rings. The summed E-state index contributed by atoms with van der Waals surface area (Å²) in [6, 6.07) is 0. The van der Waals surface area contributed by atoms with Crippen molar-refractivity contribution in [3.63, 3.8) is 0 Å². The molecule has 0 amide bonds. The van der Waals surface area contributed by atoms with Gasteiger partial charge < -0.3 is 15.6 Å². The van der Waals surface area contributed by atoms with Gasteiger partial charge in [0.05, 0.1) is 5.60 Å². The molecule has 1 unspecified atom stereocenters. The van der Waals surface area contributed by atoms with E-state index in [0.717, 1.165) is 0 Å². The third-order valence-corrected chi connectivity index (χ3v) is 2.35. The molecule has 16 heavy (non-hydrogen) atoms. The maximum absolute atomic E-state index is 11.9. The van der Waals surface area contributed by atoms with E-state index in [1.165, 1.54) is 0 Å². The summed E-state index contributed by atoms with van der Waals surface area (Å²) in [4.78, 5) is 0. The Labute approximate surface area is 93.8 Å². The molecule has 0 radical (unpaired) electrons. The number of hydrogen-bond donors (Lipinski definition) is 2. The molecular weight excluding hydrogens is 223 g/mol. The molecule has 98 valence electrons. The van der Waals surface area contributed by atoms with E-state index >= 15 is 0 Å². The molecule has 0 bridgehead atoms. The fourth-order valence-electron chi connectivity index (χ4n) is 1.28. The second-order valence-electron chi connectivity index (χ2n) is 4.05. The van der Waals surface area contributed by atoms with Crippen molar-refractivity contribution in [1.82, 2.24) is 0 Å². The highest BCUT2D eigenvalue weighted by atomic mass is 19.4. The van der Waals surface area contributed by atoms with E-state index < -0.39 is 18.2 Å². The quantitative estimate of drug-likeness (QED) is 0.639.